The fraction of sp³-hybridized carbons (Fsp3) is 0.412. The smallest absolute Gasteiger partial charge is 0.233 e. The zero-order valence-electron chi connectivity index (χ0n) is 13.4. The van der Waals surface area contributed by atoms with Gasteiger partial charge in [-0.1, -0.05) is 42.5 Å². The standard InChI is InChI=1S/C17H24N2OS/c1-13(14-9-7-6-8-10-14)12-19(17(2,3)4)16(20)11-15(21)18-5/h6-10,12H,11H2,1-5H3,(H,18,21)/b13-12+. The Balaban J connectivity index is 3.04. The van der Waals surface area contributed by atoms with Gasteiger partial charge in [-0.2, -0.15) is 0 Å². The number of carbonyl (C=O) groups excluding carboxylic acids is 1. The molecule has 0 spiro atoms. The summed E-state index contributed by atoms with van der Waals surface area (Å²) in [6, 6.07) is 10.0. The first kappa shape index (κ1) is 17.4. The van der Waals surface area contributed by atoms with Crippen LogP contribution < -0.4 is 5.32 Å². The van der Waals surface area contributed by atoms with Gasteiger partial charge in [-0.3, -0.25) is 4.79 Å². The Labute approximate surface area is 133 Å². The minimum Gasteiger partial charge on any atom is -0.382 e. The number of rotatable bonds is 4. The highest BCUT2D eigenvalue weighted by Gasteiger charge is 2.25. The second-order valence-electron chi connectivity index (χ2n) is 5.96. The van der Waals surface area contributed by atoms with Crippen molar-refractivity contribution in [3.8, 4) is 0 Å². The Morgan fingerprint density at radius 3 is 2.33 bits per heavy atom. The third-order valence-electron chi connectivity index (χ3n) is 3.13. The van der Waals surface area contributed by atoms with Gasteiger partial charge in [-0.15, -0.1) is 0 Å². The summed E-state index contributed by atoms with van der Waals surface area (Å²) >= 11 is 5.10. The Bertz CT molecular complexity index is 529. The van der Waals surface area contributed by atoms with Gasteiger partial charge in [-0.05, 0) is 38.8 Å². The van der Waals surface area contributed by atoms with Crippen molar-refractivity contribution in [2.75, 3.05) is 7.05 Å². The first-order valence-electron chi connectivity index (χ1n) is 7.02. The molecule has 4 heteroatoms. The third-order valence-corrected chi connectivity index (χ3v) is 3.48. The van der Waals surface area contributed by atoms with Gasteiger partial charge in [0.1, 0.15) is 0 Å². The molecule has 21 heavy (non-hydrogen) atoms. The highest BCUT2D eigenvalue weighted by atomic mass is 32.1. The predicted molar refractivity (Wildman–Crippen MR) is 93.0 cm³/mol. The lowest BCUT2D eigenvalue weighted by Crippen LogP contribution is -2.43. The number of nitrogens with zero attached hydrogens (tertiary/aromatic N) is 1. The van der Waals surface area contributed by atoms with Crippen LogP contribution in [0.1, 0.15) is 39.7 Å². The van der Waals surface area contributed by atoms with Crippen molar-refractivity contribution in [2.24, 2.45) is 0 Å². The normalized spacial score (nSPS) is 12.0. The molecule has 0 unspecified atom stereocenters. The maximum Gasteiger partial charge on any atom is 0.233 e. The molecule has 1 rings (SSSR count). The SMILES string of the molecule is CNC(=S)CC(=O)N(/C=C(\C)c1ccccc1)C(C)(C)C. The molecular formula is C17H24N2OS. The van der Waals surface area contributed by atoms with Crippen molar-refractivity contribution < 1.29 is 4.79 Å². The van der Waals surface area contributed by atoms with Gasteiger partial charge in [0.05, 0.1) is 11.4 Å². The summed E-state index contributed by atoms with van der Waals surface area (Å²) in [7, 11) is 1.74. The van der Waals surface area contributed by atoms with E-state index in [1.54, 1.807) is 11.9 Å². The molecule has 0 aliphatic carbocycles. The maximum atomic E-state index is 12.5. The number of allylic oxidation sites excluding steroid dienone is 1. The van der Waals surface area contributed by atoms with Gasteiger partial charge in [0, 0.05) is 18.8 Å². The zero-order chi connectivity index (χ0) is 16.0. The summed E-state index contributed by atoms with van der Waals surface area (Å²) in [5.74, 6) is -0.00266. The third kappa shape index (κ3) is 5.31. The molecule has 0 radical (unpaired) electrons. The molecule has 0 aliphatic heterocycles. The van der Waals surface area contributed by atoms with Gasteiger partial charge in [0.2, 0.25) is 5.91 Å². The molecule has 0 fully saturated rings. The Morgan fingerprint density at radius 1 is 1.29 bits per heavy atom. The summed E-state index contributed by atoms with van der Waals surface area (Å²) in [6.07, 6.45) is 2.14. The van der Waals surface area contributed by atoms with Crippen LogP contribution >= 0.6 is 12.2 Å². The molecule has 1 aromatic rings. The molecule has 3 nitrogen and oxygen atoms in total. The molecule has 1 amide bonds. The van der Waals surface area contributed by atoms with Gasteiger partial charge >= 0.3 is 0 Å². The van der Waals surface area contributed by atoms with E-state index in [1.165, 1.54) is 0 Å². The molecule has 0 heterocycles. The van der Waals surface area contributed by atoms with Gasteiger partial charge in [0.15, 0.2) is 0 Å². The summed E-state index contributed by atoms with van der Waals surface area (Å²) in [5.41, 5.74) is 1.86. The lowest BCUT2D eigenvalue weighted by molar-refractivity contribution is -0.130. The average molecular weight is 304 g/mol. The number of hydrogen-bond donors (Lipinski definition) is 1. The first-order chi connectivity index (χ1) is 9.75. The molecule has 1 N–H and O–H groups in total. The molecule has 1 aromatic carbocycles. The average Bonchev–Trinajstić information content (AvgIpc) is 2.43. The van der Waals surface area contributed by atoms with E-state index in [4.69, 9.17) is 12.2 Å². The summed E-state index contributed by atoms with van der Waals surface area (Å²) in [6.45, 7) is 8.06. The van der Waals surface area contributed by atoms with E-state index in [0.29, 0.717) is 4.99 Å². The van der Waals surface area contributed by atoms with E-state index >= 15 is 0 Å². The van der Waals surface area contributed by atoms with Crippen LogP contribution in [0.3, 0.4) is 0 Å². The van der Waals surface area contributed by atoms with Crippen LogP contribution in [0.15, 0.2) is 36.5 Å². The summed E-state index contributed by atoms with van der Waals surface area (Å²) < 4.78 is 0. The predicted octanol–water partition coefficient (Wildman–Crippen LogP) is 3.61. The van der Waals surface area contributed by atoms with Crippen molar-refractivity contribution in [3.63, 3.8) is 0 Å². The highest BCUT2D eigenvalue weighted by Crippen LogP contribution is 2.21. The second kappa shape index (κ2) is 7.36. The van der Waals surface area contributed by atoms with E-state index in [0.717, 1.165) is 11.1 Å². The van der Waals surface area contributed by atoms with Gasteiger partial charge in [-0.25, -0.2) is 0 Å². The topological polar surface area (TPSA) is 32.3 Å². The van der Waals surface area contributed by atoms with E-state index in [1.807, 2.05) is 64.2 Å². The molecule has 114 valence electrons. The summed E-state index contributed by atoms with van der Waals surface area (Å²) in [5, 5.41) is 2.85. The number of carbonyl (C=O) groups is 1. The minimum absolute atomic E-state index is 0.00266. The van der Waals surface area contributed by atoms with E-state index in [9.17, 15) is 4.79 Å². The monoisotopic (exact) mass is 304 g/mol. The molecule has 0 bridgehead atoms. The zero-order valence-corrected chi connectivity index (χ0v) is 14.3. The van der Waals surface area contributed by atoms with Crippen molar-refractivity contribution in [1.29, 1.82) is 0 Å². The number of nitrogens with one attached hydrogen (secondary N) is 1. The Kier molecular flexibility index (Phi) is 6.09. The maximum absolute atomic E-state index is 12.5. The van der Waals surface area contributed by atoms with Crippen molar-refractivity contribution >= 4 is 28.7 Å². The Morgan fingerprint density at radius 2 is 1.86 bits per heavy atom. The minimum atomic E-state index is -0.295. The van der Waals surface area contributed by atoms with Crippen LogP contribution in [0.25, 0.3) is 5.57 Å². The first-order valence-corrected chi connectivity index (χ1v) is 7.43. The molecular weight excluding hydrogens is 280 g/mol. The van der Waals surface area contributed by atoms with Crippen LogP contribution in [0, 0.1) is 0 Å². The van der Waals surface area contributed by atoms with E-state index < -0.39 is 0 Å². The van der Waals surface area contributed by atoms with Gasteiger partial charge in [0.25, 0.3) is 0 Å². The fourth-order valence-corrected chi connectivity index (χ4v) is 2.04. The molecule has 0 saturated carbocycles. The van der Waals surface area contributed by atoms with Crippen LogP contribution in [0.5, 0.6) is 0 Å². The van der Waals surface area contributed by atoms with Crippen LogP contribution in [-0.2, 0) is 4.79 Å². The van der Waals surface area contributed by atoms with Crippen molar-refractivity contribution in [2.45, 2.75) is 39.7 Å². The lowest BCUT2D eigenvalue weighted by Gasteiger charge is -2.33. The molecule has 0 aromatic heterocycles. The molecule has 0 atom stereocenters. The van der Waals surface area contributed by atoms with Crippen LogP contribution in [0.2, 0.25) is 0 Å². The fourth-order valence-electron chi connectivity index (χ4n) is 1.92. The number of amides is 1. The van der Waals surface area contributed by atoms with E-state index in [2.05, 4.69) is 5.32 Å². The Hall–Kier alpha value is -1.68. The number of hydrogen-bond acceptors (Lipinski definition) is 2. The highest BCUT2D eigenvalue weighted by molar-refractivity contribution is 7.80. The molecule has 0 aliphatic rings. The summed E-state index contributed by atoms with van der Waals surface area (Å²) in [4.78, 5) is 14.8. The number of thiocarbonyl (C=S) groups is 1. The van der Waals surface area contributed by atoms with Crippen LogP contribution in [0.4, 0.5) is 0 Å². The molecule has 0 saturated heterocycles. The van der Waals surface area contributed by atoms with Crippen LogP contribution in [-0.4, -0.2) is 28.4 Å². The number of benzene rings is 1. The van der Waals surface area contributed by atoms with Crippen molar-refractivity contribution in [3.05, 3.63) is 42.1 Å². The largest absolute Gasteiger partial charge is 0.382 e. The van der Waals surface area contributed by atoms with Crippen molar-refractivity contribution in [1.82, 2.24) is 10.2 Å². The quantitative estimate of drug-likeness (QED) is 0.862. The second-order valence-corrected chi connectivity index (χ2v) is 6.46. The lowest BCUT2D eigenvalue weighted by atomic mass is 10.0. The van der Waals surface area contributed by atoms with Gasteiger partial charge < -0.3 is 10.2 Å². The van der Waals surface area contributed by atoms with E-state index in [-0.39, 0.29) is 17.9 Å².